The molecule has 0 aliphatic heterocycles. The minimum absolute atomic E-state index is 0.0585. The summed E-state index contributed by atoms with van der Waals surface area (Å²) in [6, 6.07) is 19.1. The SMILES string of the molecule is CCOC(=O)Nc1ccc(S(=O)(=O)Nc2ccc(CCNC[C@H](O)COc3ccc(O)cc3)cc2)cc1. The van der Waals surface area contributed by atoms with Crippen LogP contribution < -0.4 is 20.1 Å². The molecule has 3 aromatic carbocycles. The molecule has 0 heterocycles. The number of benzene rings is 3. The summed E-state index contributed by atoms with van der Waals surface area (Å²) in [6.07, 6.45) is -0.615. The second-order valence-corrected chi connectivity index (χ2v) is 9.77. The number of rotatable bonds is 13. The van der Waals surface area contributed by atoms with Crippen molar-refractivity contribution in [1.29, 1.82) is 0 Å². The van der Waals surface area contributed by atoms with E-state index < -0.39 is 22.2 Å². The van der Waals surface area contributed by atoms with Crippen LogP contribution in [0, 0.1) is 0 Å². The predicted octanol–water partition coefficient (Wildman–Crippen LogP) is 3.33. The Labute approximate surface area is 216 Å². The zero-order chi connectivity index (χ0) is 26.7. The van der Waals surface area contributed by atoms with Crippen LogP contribution in [0.25, 0.3) is 0 Å². The second-order valence-electron chi connectivity index (χ2n) is 8.09. The van der Waals surface area contributed by atoms with Crippen molar-refractivity contribution in [2.45, 2.75) is 24.3 Å². The monoisotopic (exact) mass is 529 g/mol. The van der Waals surface area contributed by atoms with Gasteiger partial charge >= 0.3 is 6.09 Å². The molecule has 37 heavy (non-hydrogen) atoms. The van der Waals surface area contributed by atoms with Crippen LogP contribution in [0.15, 0.2) is 77.7 Å². The number of amides is 1. The molecule has 11 heteroatoms. The van der Waals surface area contributed by atoms with Crippen LogP contribution >= 0.6 is 0 Å². The van der Waals surface area contributed by atoms with Gasteiger partial charge in [-0.25, -0.2) is 13.2 Å². The molecule has 0 spiro atoms. The highest BCUT2D eigenvalue weighted by Gasteiger charge is 2.14. The Morgan fingerprint density at radius 1 is 0.946 bits per heavy atom. The predicted molar refractivity (Wildman–Crippen MR) is 141 cm³/mol. The third-order valence-electron chi connectivity index (χ3n) is 5.14. The van der Waals surface area contributed by atoms with Crippen molar-refractivity contribution >= 4 is 27.5 Å². The maximum Gasteiger partial charge on any atom is 0.411 e. The first-order chi connectivity index (χ1) is 17.7. The Hall–Kier alpha value is -3.80. The van der Waals surface area contributed by atoms with Crippen molar-refractivity contribution < 1.29 is 32.9 Å². The van der Waals surface area contributed by atoms with Crippen molar-refractivity contribution in [3.05, 3.63) is 78.4 Å². The number of nitrogens with one attached hydrogen (secondary N) is 3. The summed E-state index contributed by atoms with van der Waals surface area (Å²) < 4.78 is 38.2. The minimum Gasteiger partial charge on any atom is -0.508 e. The number of hydrogen-bond donors (Lipinski definition) is 5. The summed E-state index contributed by atoms with van der Waals surface area (Å²) in [6.45, 7) is 3.02. The van der Waals surface area contributed by atoms with Gasteiger partial charge in [0.2, 0.25) is 0 Å². The molecule has 0 aromatic heterocycles. The van der Waals surface area contributed by atoms with Gasteiger partial charge in [0, 0.05) is 17.9 Å². The normalized spacial score (nSPS) is 11.9. The van der Waals surface area contributed by atoms with Crippen LogP contribution in [0.3, 0.4) is 0 Å². The maximum atomic E-state index is 12.7. The summed E-state index contributed by atoms with van der Waals surface area (Å²) in [4.78, 5) is 11.5. The number of phenols is 1. The number of anilines is 2. The average Bonchev–Trinajstić information content (AvgIpc) is 2.87. The highest BCUT2D eigenvalue weighted by atomic mass is 32.2. The number of carbonyl (C=O) groups excluding carboxylic acids is 1. The standard InChI is InChI=1S/C26H31N3O7S/c1-2-35-26(32)28-20-7-13-25(14-8-20)37(33,34)29-21-5-3-19(4-6-21)15-16-27-17-23(31)18-36-24-11-9-22(30)10-12-24/h3-14,23,27,29-31H,2,15-18H2,1H3,(H,28,32)/t23-/m0/s1. The molecule has 0 saturated heterocycles. The molecule has 0 aliphatic rings. The Balaban J connectivity index is 1.40. The highest BCUT2D eigenvalue weighted by molar-refractivity contribution is 7.92. The van der Waals surface area contributed by atoms with Gasteiger partial charge in [0.15, 0.2) is 0 Å². The van der Waals surface area contributed by atoms with E-state index >= 15 is 0 Å². The molecule has 0 radical (unpaired) electrons. The molecule has 0 fully saturated rings. The number of carbonyl (C=O) groups is 1. The summed E-state index contributed by atoms with van der Waals surface area (Å²) in [5.74, 6) is 0.715. The number of phenolic OH excluding ortho intramolecular Hbond substituents is 1. The molecule has 5 N–H and O–H groups in total. The molecule has 0 bridgehead atoms. The number of ether oxygens (including phenoxy) is 2. The van der Waals surface area contributed by atoms with E-state index in [9.17, 15) is 23.4 Å². The molecular formula is C26H31N3O7S. The fourth-order valence-corrected chi connectivity index (χ4v) is 4.31. The van der Waals surface area contributed by atoms with E-state index in [1.807, 2.05) is 12.1 Å². The number of aromatic hydroxyl groups is 1. The summed E-state index contributed by atoms with van der Waals surface area (Å²) in [5, 5.41) is 25.0. The molecule has 10 nitrogen and oxygen atoms in total. The summed E-state index contributed by atoms with van der Waals surface area (Å²) in [7, 11) is -3.80. The van der Waals surface area contributed by atoms with Crippen LogP contribution in [0.1, 0.15) is 12.5 Å². The topological polar surface area (TPSA) is 146 Å². The Morgan fingerprint density at radius 2 is 1.59 bits per heavy atom. The lowest BCUT2D eigenvalue weighted by Crippen LogP contribution is -2.32. The molecule has 1 atom stereocenters. The number of sulfonamides is 1. The van der Waals surface area contributed by atoms with E-state index in [4.69, 9.17) is 9.47 Å². The van der Waals surface area contributed by atoms with Crippen molar-refractivity contribution in [2.75, 3.05) is 36.3 Å². The van der Waals surface area contributed by atoms with Crippen molar-refractivity contribution in [3.8, 4) is 11.5 Å². The van der Waals surface area contributed by atoms with Gasteiger partial charge in [-0.3, -0.25) is 10.0 Å². The largest absolute Gasteiger partial charge is 0.508 e. The van der Waals surface area contributed by atoms with E-state index in [1.54, 1.807) is 31.2 Å². The maximum absolute atomic E-state index is 12.7. The molecule has 0 saturated carbocycles. The van der Waals surface area contributed by atoms with Crippen molar-refractivity contribution in [1.82, 2.24) is 5.32 Å². The van der Waals surface area contributed by atoms with Gasteiger partial charge in [-0.05, 0) is 86.1 Å². The highest BCUT2D eigenvalue weighted by Crippen LogP contribution is 2.19. The smallest absolute Gasteiger partial charge is 0.411 e. The van der Waals surface area contributed by atoms with E-state index in [1.165, 1.54) is 36.4 Å². The average molecular weight is 530 g/mol. The molecule has 0 unspecified atom stereocenters. The lowest BCUT2D eigenvalue weighted by atomic mass is 10.1. The van der Waals surface area contributed by atoms with Gasteiger partial charge in [0.1, 0.15) is 24.2 Å². The molecule has 3 rings (SSSR count). The van der Waals surface area contributed by atoms with Gasteiger partial charge in [-0.15, -0.1) is 0 Å². The fourth-order valence-electron chi connectivity index (χ4n) is 3.25. The Kier molecular flexibility index (Phi) is 10.1. The van der Waals surface area contributed by atoms with Crippen LogP contribution in [0.2, 0.25) is 0 Å². The number of hydrogen-bond acceptors (Lipinski definition) is 8. The molecule has 1 amide bonds. The Morgan fingerprint density at radius 3 is 2.24 bits per heavy atom. The van der Waals surface area contributed by atoms with E-state index in [2.05, 4.69) is 15.4 Å². The van der Waals surface area contributed by atoms with Crippen molar-refractivity contribution in [2.24, 2.45) is 0 Å². The lowest BCUT2D eigenvalue weighted by molar-refractivity contribution is 0.106. The van der Waals surface area contributed by atoms with Crippen LogP contribution in [0.4, 0.5) is 16.2 Å². The zero-order valence-electron chi connectivity index (χ0n) is 20.4. The molecule has 198 valence electrons. The fraction of sp³-hybridized carbons (Fsp3) is 0.269. The van der Waals surface area contributed by atoms with Crippen LogP contribution in [-0.2, 0) is 21.2 Å². The van der Waals surface area contributed by atoms with Gasteiger partial charge in [0.25, 0.3) is 10.0 Å². The van der Waals surface area contributed by atoms with Gasteiger partial charge in [-0.1, -0.05) is 12.1 Å². The minimum atomic E-state index is -3.80. The molecule has 3 aromatic rings. The van der Waals surface area contributed by atoms with Crippen LogP contribution in [-0.4, -0.2) is 57.1 Å². The summed E-state index contributed by atoms with van der Waals surface area (Å²) in [5.41, 5.74) is 1.85. The van der Waals surface area contributed by atoms with Gasteiger partial charge in [-0.2, -0.15) is 0 Å². The third kappa shape index (κ3) is 9.30. The van der Waals surface area contributed by atoms with Gasteiger partial charge in [0.05, 0.1) is 11.5 Å². The number of aliphatic hydroxyl groups excluding tert-OH is 1. The zero-order valence-corrected chi connectivity index (χ0v) is 21.2. The molecule has 0 aliphatic carbocycles. The van der Waals surface area contributed by atoms with Crippen LogP contribution in [0.5, 0.6) is 11.5 Å². The van der Waals surface area contributed by atoms with Gasteiger partial charge < -0.3 is 25.0 Å². The summed E-state index contributed by atoms with van der Waals surface area (Å²) >= 11 is 0. The lowest BCUT2D eigenvalue weighted by Gasteiger charge is -2.13. The molecular weight excluding hydrogens is 498 g/mol. The first-order valence-electron chi connectivity index (χ1n) is 11.7. The van der Waals surface area contributed by atoms with E-state index in [0.29, 0.717) is 36.6 Å². The first kappa shape index (κ1) is 27.8. The Bertz CT molecular complexity index is 1230. The first-order valence-corrected chi connectivity index (χ1v) is 13.2. The second kappa shape index (κ2) is 13.5. The van der Waals surface area contributed by atoms with E-state index in [0.717, 1.165) is 5.56 Å². The quantitative estimate of drug-likeness (QED) is 0.212. The van der Waals surface area contributed by atoms with E-state index in [-0.39, 0.29) is 23.9 Å². The third-order valence-corrected chi connectivity index (χ3v) is 6.54. The number of aliphatic hydroxyl groups is 1. The van der Waals surface area contributed by atoms with Crippen molar-refractivity contribution in [3.63, 3.8) is 0 Å².